The van der Waals surface area contributed by atoms with Crippen molar-refractivity contribution in [3.63, 3.8) is 0 Å². The molecule has 0 unspecified atom stereocenters. The quantitative estimate of drug-likeness (QED) is 0.671. The van der Waals surface area contributed by atoms with E-state index in [1.54, 1.807) is 6.20 Å². The molecule has 0 aromatic carbocycles. The lowest BCUT2D eigenvalue weighted by Gasteiger charge is -2.04. The van der Waals surface area contributed by atoms with E-state index in [2.05, 4.69) is 17.2 Å². The fourth-order valence-corrected chi connectivity index (χ4v) is 1.09. The number of aryl methyl sites for hydroxylation is 1. The molecule has 1 aromatic rings. The molecule has 0 fully saturated rings. The SMILES string of the molecule is CCc1cccnc1CNC=O. The van der Waals surface area contributed by atoms with Gasteiger partial charge in [0.25, 0.3) is 0 Å². The Labute approximate surface area is 71.8 Å². The predicted octanol–water partition coefficient (Wildman–Crippen LogP) is 0.890. The number of pyridine rings is 1. The molecule has 0 saturated carbocycles. The second-order valence-electron chi connectivity index (χ2n) is 2.46. The summed E-state index contributed by atoms with van der Waals surface area (Å²) >= 11 is 0. The van der Waals surface area contributed by atoms with E-state index in [0.717, 1.165) is 12.1 Å². The predicted molar refractivity (Wildman–Crippen MR) is 46.5 cm³/mol. The number of nitrogens with zero attached hydrogens (tertiary/aromatic N) is 1. The molecule has 1 amide bonds. The number of amides is 1. The topological polar surface area (TPSA) is 42.0 Å². The Morgan fingerprint density at radius 3 is 3.17 bits per heavy atom. The van der Waals surface area contributed by atoms with E-state index in [1.807, 2.05) is 12.1 Å². The largest absolute Gasteiger partial charge is 0.353 e. The van der Waals surface area contributed by atoms with Gasteiger partial charge in [-0.3, -0.25) is 9.78 Å². The van der Waals surface area contributed by atoms with Gasteiger partial charge in [0.15, 0.2) is 0 Å². The first kappa shape index (κ1) is 8.71. The average molecular weight is 164 g/mol. The van der Waals surface area contributed by atoms with Gasteiger partial charge in [0.05, 0.1) is 12.2 Å². The highest BCUT2D eigenvalue weighted by Crippen LogP contribution is 2.04. The molecule has 0 atom stereocenters. The number of rotatable bonds is 4. The summed E-state index contributed by atoms with van der Waals surface area (Å²) < 4.78 is 0. The molecule has 0 saturated heterocycles. The van der Waals surface area contributed by atoms with Crippen molar-refractivity contribution in [2.24, 2.45) is 0 Å². The Hall–Kier alpha value is -1.38. The third-order valence-corrected chi connectivity index (χ3v) is 1.72. The van der Waals surface area contributed by atoms with Crippen LogP contribution in [-0.4, -0.2) is 11.4 Å². The molecular formula is C9H12N2O. The van der Waals surface area contributed by atoms with Crippen LogP contribution in [0.15, 0.2) is 18.3 Å². The summed E-state index contributed by atoms with van der Waals surface area (Å²) in [6, 6.07) is 3.93. The second kappa shape index (κ2) is 4.49. The van der Waals surface area contributed by atoms with Crippen molar-refractivity contribution < 1.29 is 4.79 Å². The minimum atomic E-state index is 0.521. The van der Waals surface area contributed by atoms with Gasteiger partial charge in [0, 0.05) is 6.20 Å². The van der Waals surface area contributed by atoms with Crippen LogP contribution in [0.2, 0.25) is 0 Å². The van der Waals surface area contributed by atoms with E-state index >= 15 is 0 Å². The standard InChI is InChI=1S/C9H12N2O/c1-2-8-4-3-5-11-9(8)6-10-7-12/h3-5,7H,2,6H2,1H3,(H,10,12). The van der Waals surface area contributed by atoms with Gasteiger partial charge < -0.3 is 5.32 Å². The maximum absolute atomic E-state index is 10.0. The highest BCUT2D eigenvalue weighted by Gasteiger charge is 1.98. The normalized spacial score (nSPS) is 9.42. The molecule has 3 heteroatoms. The highest BCUT2D eigenvalue weighted by atomic mass is 16.1. The molecule has 1 rings (SSSR count). The number of aromatic nitrogens is 1. The van der Waals surface area contributed by atoms with Crippen LogP contribution in [0, 0.1) is 0 Å². The van der Waals surface area contributed by atoms with Gasteiger partial charge in [-0.15, -0.1) is 0 Å². The first-order chi connectivity index (χ1) is 5.88. The summed E-state index contributed by atoms with van der Waals surface area (Å²) in [4.78, 5) is 14.2. The monoisotopic (exact) mass is 164 g/mol. The first-order valence-electron chi connectivity index (χ1n) is 3.98. The van der Waals surface area contributed by atoms with Gasteiger partial charge in [-0.2, -0.15) is 0 Å². The van der Waals surface area contributed by atoms with Crippen LogP contribution in [0.4, 0.5) is 0 Å². The summed E-state index contributed by atoms with van der Waals surface area (Å²) in [5, 5.41) is 2.60. The van der Waals surface area contributed by atoms with E-state index in [0.29, 0.717) is 13.0 Å². The van der Waals surface area contributed by atoms with Crippen LogP contribution in [-0.2, 0) is 17.8 Å². The number of hydrogen-bond donors (Lipinski definition) is 1. The first-order valence-corrected chi connectivity index (χ1v) is 3.98. The zero-order valence-corrected chi connectivity index (χ0v) is 7.08. The van der Waals surface area contributed by atoms with E-state index in [-0.39, 0.29) is 0 Å². The summed E-state index contributed by atoms with van der Waals surface area (Å²) in [6.45, 7) is 2.59. The van der Waals surface area contributed by atoms with Crippen molar-refractivity contribution in [2.75, 3.05) is 0 Å². The number of carbonyl (C=O) groups is 1. The summed E-state index contributed by atoms with van der Waals surface area (Å²) in [5.74, 6) is 0. The third kappa shape index (κ3) is 2.05. The van der Waals surface area contributed by atoms with Gasteiger partial charge in [-0.05, 0) is 18.1 Å². The average Bonchev–Trinajstić information content (AvgIpc) is 2.15. The van der Waals surface area contributed by atoms with E-state index in [9.17, 15) is 4.79 Å². The van der Waals surface area contributed by atoms with E-state index in [1.165, 1.54) is 5.56 Å². The molecule has 12 heavy (non-hydrogen) atoms. The van der Waals surface area contributed by atoms with Crippen molar-refractivity contribution >= 4 is 6.41 Å². The van der Waals surface area contributed by atoms with Gasteiger partial charge in [-0.1, -0.05) is 13.0 Å². The molecule has 1 heterocycles. The maximum Gasteiger partial charge on any atom is 0.207 e. The second-order valence-corrected chi connectivity index (χ2v) is 2.46. The lowest BCUT2D eigenvalue weighted by atomic mass is 10.1. The van der Waals surface area contributed by atoms with Gasteiger partial charge >= 0.3 is 0 Å². The molecule has 0 radical (unpaired) electrons. The molecule has 0 spiro atoms. The van der Waals surface area contributed by atoms with Crippen LogP contribution >= 0.6 is 0 Å². The summed E-state index contributed by atoms with van der Waals surface area (Å²) in [6.07, 6.45) is 3.37. The van der Waals surface area contributed by atoms with Crippen molar-refractivity contribution in [1.29, 1.82) is 0 Å². The summed E-state index contributed by atoms with van der Waals surface area (Å²) in [5.41, 5.74) is 2.14. The fraction of sp³-hybridized carbons (Fsp3) is 0.333. The Bertz CT molecular complexity index is 260. The lowest BCUT2D eigenvalue weighted by molar-refractivity contribution is -0.109. The van der Waals surface area contributed by atoms with Crippen molar-refractivity contribution in [3.8, 4) is 0 Å². The maximum atomic E-state index is 10.0. The molecule has 0 aliphatic carbocycles. The van der Waals surface area contributed by atoms with Crippen molar-refractivity contribution in [1.82, 2.24) is 10.3 Å². The molecular weight excluding hydrogens is 152 g/mol. The number of hydrogen-bond acceptors (Lipinski definition) is 2. The van der Waals surface area contributed by atoms with Crippen molar-refractivity contribution in [2.45, 2.75) is 19.9 Å². The van der Waals surface area contributed by atoms with Gasteiger partial charge in [0.1, 0.15) is 0 Å². The molecule has 0 aliphatic heterocycles. The van der Waals surface area contributed by atoms with Crippen molar-refractivity contribution in [3.05, 3.63) is 29.6 Å². The minimum absolute atomic E-state index is 0.521. The van der Waals surface area contributed by atoms with E-state index < -0.39 is 0 Å². The van der Waals surface area contributed by atoms with Crippen LogP contribution in [0.3, 0.4) is 0 Å². The highest BCUT2D eigenvalue weighted by molar-refractivity contribution is 5.46. The number of nitrogens with one attached hydrogen (secondary N) is 1. The zero-order chi connectivity index (χ0) is 8.81. The van der Waals surface area contributed by atoms with Crippen LogP contribution in [0.5, 0.6) is 0 Å². The Morgan fingerprint density at radius 2 is 2.50 bits per heavy atom. The molecule has 1 N–H and O–H groups in total. The van der Waals surface area contributed by atoms with Crippen LogP contribution in [0.25, 0.3) is 0 Å². The third-order valence-electron chi connectivity index (χ3n) is 1.72. The molecule has 0 bridgehead atoms. The minimum Gasteiger partial charge on any atom is -0.353 e. The lowest BCUT2D eigenvalue weighted by Crippen LogP contribution is -2.12. The molecule has 1 aromatic heterocycles. The van der Waals surface area contributed by atoms with E-state index in [4.69, 9.17) is 0 Å². The summed E-state index contributed by atoms with van der Waals surface area (Å²) in [7, 11) is 0. The molecule has 64 valence electrons. The number of carbonyl (C=O) groups excluding carboxylic acids is 1. The van der Waals surface area contributed by atoms with Gasteiger partial charge in [-0.25, -0.2) is 0 Å². The fourth-order valence-electron chi connectivity index (χ4n) is 1.09. The van der Waals surface area contributed by atoms with Gasteiger partial charge in [0.2, 0.25) is 6.41 Å². The van der Waals surface area contributed by atoms with Crippen LogP contribution < -0.4 is 5.32 Å². The Morgan fingerprint density at radius 1 is 1.67 bits per heavy atom. The Balaban J connectivity index is 2.74. The zero-order valence-electron chi connectivity index (χ0n) is 7.08. The Kier molecular flexibility index (Phi) is 3.26. The smallest absolute Gasteiger partial charge is 0.207 e. The molecule has 0 aliphatic rings. The molecule has 3 nitrogen and oxygen atoms in total. The van der Waals surface area contributed by atoms with Crippen LogP contribution in [0.1, 0.15) is 18.2 Å².